The van der Waals surface area contributed by atoms with Gasteiger partial charge >= 0.3 is 18.6 Å². The van der Waals surface area contributed by atoms with E-state index in [0.29, 0.717) is 13.2 Å². The monoisotopic (exact) mass is 262 g/mol. The summed E-state index contributed by atoms with van der Waals surface area (Å²) in [7, 11) is 0.598. The zero-order chi connectivity index (χ0) is 12.6. The van der Waals surface area contributed by atoms with Gasteiger partial charge in [0, 0.05) is 33.0 Å². The van der Waals surface area contributed by atoms with Gasteiger partial charge in [-0.1, -0.05) is 13.5 Å². The second-order valence-corrected chi connectivity index (χ2v) is 7.24. The Bertz CT molecular complexity index is 201. The van der Waals surface area contributed by atoms with E-state index < -0.39 is 18.6 Å². The van der Waals surface area contributed by atoms with Crippen LogP contribution in [0.1, 0.15) is 20.8 Å². The molecule has 4 nitrogen and oxygen atoms in total. The first kappa shape index (κ1) is 16.0. The average Bonchev–Trinajstić information content (AvgIpc) is 2.31. The standard InChI is InChI=1S/C10H22O4Si2/c1-7-13-15(11-5)9(3)10(4)16(12-6)14-8-2/h10H,3,7-8H2,1-2,4-6H3. The Morgan fingerprint density at radius 2 is 1.69 bits per heavy atom. The summed E-state index contributed by atoms with van der Waals surface area (Å²) in [4.78, 5) is 0. The van der Waals surface area contributed by atoms with Gasteiger partial charge in [-0.3, -0.25) is 0 Å². The molecule has 0 saturated heterocycles. The Morgan fingerprint density at radius 3 is 2.06 bits per heavy atom. The zero-order valence-corrected chi connectivity index (χ0v) is 12.8. The van der Waals surface area contributed by atoms with Crippen molar-refractivity contribution in [1.82, 2.24) is 0 Å². The molecule has 0 aliphatic rings. The van der Waals surface area contributed by atoms with Crippen LogP contribution in [-0.4, -0.2) is 46.0 Å². The molecule has 6 heteroatoms. The lowest BCUT2D eigenvalue weighted by atomic mass is 10.5. The van der Waals surface area contributed by atoms with E-state index in [0.717, 1.165) is 5.20 Å². The third-order valence-electron chi connectivity index (χ3n) is 2.09. The summed E-state index contributed by atoms with van der Waals surface area (Å²) in [6.45, 7) is 11.3. The third kappa shape index (κ3) is 4.90. The molecule has 94 valence electrons. The van der Waals surface area contributed by atoms with E-state index in [4.69, 9.17) is 17.7 Å². The van der Waals surface area contributed by atoms with E-state index in [9.17, 15) is 0 Å². The van der Waals surface area contributed by atoms with Crippen molar-refractivity contribution < 1.29 is 17.7 Å². The van der Waals surface area contributed by atoms with Crippen LogP contribution in [-0.2, 0) is 17.7 Å². The number of allylic oxidation sites excluding steroid dienone is 1. The van der Waals surface area contributed by atoms with Crippen molar-refractivity contribution in [2.24, 2.45) is 0 Å². The largest absolute Gasteiger partial charge is 0.418 e. The van der Waals surface area contributed by atoms with Crippen LogP contribution in [0.25, 0.3) is 0 Å². The predicted octanol–water partition coefficient (Wildman–Crippen LogP) is 1.81. The van der Waals surface area contributed by atoms with Crippen molar-refractivity contribution in [2.45, 2.75) is 26.3 Å². The Kier molecular flexibility index (Phi) is 9.09. The summed E-state index contributed by atoms with van der Waals surface area (Å²) in [5.74, 6) is 0. The molecule has 0 bridgehead atoms. The molecule has 2 radical (unpaired) electrons. The van der Waals surface area contributed by atoms with Crippen molar-refractivity contribution in [2.75, 3.05) is 27.4 Å². The molecule has 0 aromatic carbocycles. The smallest absolute Gasteiger partial charge is 0.396 e. The van der Waals surface area contributed by atoms with Crippen LogP contribution < -0.4 is 0 Å². The Balaban J connectivity index is 4.42. The lowest BCUT2D eigenvalue weighted by Gasteiger charge is -2.23. The summed E-state index contributed by atoms with van der Waals surface area (Å²) >= 11 is 0. The normalized spacial score (nSPS) is 13.4. The molecule has 0 heterocycles. The molecule has 0 fully saturated rings. The summed E-state index contributed by atoms with van der Waals surface area (Å²) in [5, 5.41) is 0.971. The second-order valence-electron chi connectivity index (χ2n) is 3.13. The van der Waals surface area contributed by atoms with Crippen molar-refractivity contribution in [3.05, 3.63) is 11.8 Å². The van der Waals surface area contributed by atoms with Crippen LogP contribution >= 0.6 is 0 Å². The van der Waals surface area contributed by atoms with Gasteiger partial charge in [-0.05, 0) is 19.0 Å². The van der Waals surface area contributed by atoms with E-state index in [1.54, 1.807) is 14.2 Å². The van der Waals surface area contributed by atoms with Gasteiger partial charge in [-0.2, -0.15) is 0 Å². The molecular formula is C10H22O4Si2. The van der Waals surface area contributed by atoms with Crippen LogP contribution in [0, 0.1) is 0 Å². The Hall–Kier alpha value is 0.0138. The number of hydrogen-bond donors (Lipinski definition) is 0. The fourth-order valence-electron chi connectivity index (χ4n) is 1.24. The summed E-state index contributed by atoms with van der Waals surface area (Å²) < 4.78 is 21.8. The van der Waals surface area contributed by atoms with E-state index in [-0.39, 0.29) is 5.54 Å². The Labute approximate surface area is 102 Å². The van der Waals surface area contributed by atoms with Gasteiger partial charge < -0.3 is 17.7 Å². The first-order chi connectivity index (χ1) is 7.62. The van der Waals surface area contributed by atoms with Crippen LogP contribution in [0.15, 0.2) is 11.8 Å². The molecule has 0 aliphatic heterocycles. The molecule has 0 aromatic rings. The summed E-state index contributed by atoms with van der Waals surface area (Å²) in [6.07, 6.45) is 0. The lowest BCUT2D eigenvalue weighted by molar-refractivity contribution is 0.229. The molecule has 0 saturated carbocycles. The lowest BCUT2D eigenvalue weighted by Crippen LogP contribution is -2.34. The summed E-state index contributed by atoms with van der Waals surface area (Å²) in [6, 6.07) is 0. The highest BCUT2D eigenvalue weighted by Crippen LogP contribution is 2.23. The van der Waals surface area contributed by atoms with E-state index in [1.165, 1.54) is 0 Å². The molecular weight excluding hydrogens is 240 g/mol. The van der Waals surface area contributed by atoms with Gasteiger partial charge in [0.1, 0.15) is 0 Å². The molecule has 1 atom stereocenters. The number of hydrogen-bond acceptors (Lipinski definition) is 4. The third-order valence-corrected chi connectivity index (χ3v) is 6.29. The topological polar surface area (TPSA) is 36.9 Å². The van der Waals surface area contributed by atoms with Gasteiger partial charge in [0.2, 0.25) is 0 Å². The van der Waals surface area contributed by atoms with Gasteiger partial charge in [0.15, 0.2) is 0 Å². The highest BCUT2D eigenvalue weighted by molar-refractivity contribution is 6.59. The van der Waals surface area contributed by atoms with E-state index in [1.807, 2.05) is 13.8 Å². The van der Waals surface area contributed by atoms with E-state index >= 15 is 0 Å². The highest BCUT2D eigenvalue weighted by atomic mass is 28.3. The molecule has 0 aliphatic carbocycles. The van der Waals surface area contributed by atoms with Crippen LogP contribution in [0.2, 0.25) is 5.54 Å². The fourth-order valence-corrected chi connectivity index (χ4v) is 4.41. The minimum Gasteiger partial charge on any atom is -0.396 e. The van der Waals surface area contributed by atoms with Crippen LogP contribution in [0.3, 0.4) is 0 Å². The maximum atomic E-state index is 5.57. The quantitative estimate of drug-likeness (QED) is 0.594. The van der Waals surface area contributed by atoms with Crippen molar-refractivity contribution >= 4 is 18.6 Å². The van der Waals surface area contributed by atoms with Gasteiger partial charge in [-0.25, -0.2) is 0 Å². The van der Waals surface area contributed by atoms with E-state index in [2.05, 4.69) is 13.5 Å². The van der Waals surface area contributed by atoms with Crippen molar-refractivity contribution in [3.8, 4) is 0 Å². The fraction of sp³-hybridized carbons (Fsp3) is 0.800. The molecule has 0 amide bonds. The first-order valence-electron chi connectivity index (χ1n) is 5.38. The minimum absolute atomic E-state index is 0.162. The molecule has 16 heavy (non-hydrogen) atoms. The molecule has 1 unspecified atom stereocenters. The molecule has 0 aromatic heterocycles. The molecule has 0 rings (SSSR count). The SMILES string of the molecule is C=C(C(C)[Si](OC)OCC)[Si](OC)OCC. The second kappa shape index (κ2) is 9.09. The van der Waals surface area contributed by atoms with Gasteiger partial charge in [0.05, 0.1) is 0 Å². The van der Waals surface area contributed by atoms with Crippen LogP contribution in [0.5, 0.6) is 0 Å². The molecule has 0 N–H and O–H groups in total. The Morgan fingerprint density at radius 1 is 1.12 bits per heavy atom. The minimum atomic E-state index is -1.41. The zero-order valence-electron chi connectivity index (χ0n) is 10.8. The van der Waals surface area contributed by atoms with Crippen LogP contribution in [0.4, 0.5) is 0 Å². The molecule has 0 spiro atoms. The summed E-state index contributed by atoms with van der Waals surface area (Å²) in [5.41, 5.74) is 0.162. The average molecular weight is 262 g/mol. The maximum absolute atomic E-state index is 5.57. The first-order valence-corrected chi connectivity index (χ1v) is 8.09. The van der Waals surface area contributed by atoms with Crippen molar-refractivity contribution in [3.63, 3.8) is 0 Å². The maximum Gasteiger partial charge on any atom is 0.418 e. The number of rotatable bonds is 9. The predicted molar refractivity (Wildman–Crippen MR) is 67.3 cm³/mol. The van der Waals surface area contributed by atoms with Gasteiger partial charge in [0.25, 0.3) is 0 Å². The van der Waals surface area contributed by atoms with Gasteiger partial charge in [-0.15, -0.1) is 0 Å². The highest BCUT2D eigenvalue weighted by Gasteiger charge is 2.32. The van der Waals surface area contributed by atoms with Crippen molar-refractivity contribution in [1.29, 1.82) is 0 Å².